The number of carbonyl (C=O) groups is 2. The summed E-state index contributed by atoms with van der Waals surface area (Å²) in [4.78, 5) is 29.7. The number of amides is 2. The lowest BCUT2D eigenvalue weighted by Gasteiger charge is -2.43. The maximum absolute atomic E-state index is 14.8. The Morgan fingerprint density at radius 1 is 1.06 bits per heavy atom. The number of hydrogen-bond acceptors (Lipinski definition) is 8. The first-order chi connectivity index (χ1) is 25.1. The summed E-state index contributed by atoms with van der Waals surface area (Å²) < 4.78 is 45.6. The zero-order chi connectivity index (χ0) is 36.4. The molecule has 0 spiro atoms. The lowest BCUT2D eigenvalue weighted by molar-refractivity contribution is -0.128. The molecule has 2 bridgehead atoms. The van der Waals surface area contributed by atoms with Crippen LogP contribution in [-0.4, -0.2) is 73.6 Å². The summed E-state index contributed by atoms with van der Waals surface area (Å²) in [7, 11) is -1.82. The Balaban J connectivity index is 1.28. The van der Waals surface area contributed by atoms with Crippen molar-refractivity contribution >= 4 is 39.0 Å². The highest BCUT2D eigenvalue weighted by Gasteiger charge is 2.41. The van der Waals surface area contributed by atoms with Gasteiger partial charge in [-0.3, -0.25) is 14.3 Å². The minimum atomic E-state index is -3.58. The molecule has 8 atom stereocenters. The fourth-order valence-electron chi connectivity index (χ4n) is 8.27. The standard InChI is InChI=1S/C40H52ClN3O7S/c1-25-5-4-6-37(48-3)33-11-8-29(33)22-44-23-30-7-10-31(41)21-35(30)34-19-27(34)13-18-50-38-12-9-28(20-36(38)44)40(46)43-52(47,26(25)2)42-39(45)24-51-32-14-16-49-17-15-32/h4,6-7,9-10,12,20-21,25-27,29,32-34,37H,5,8,11,13-19,22-24H2,1-3H3,(H,42,43,45,46,47)/b6-4+. The molecule has 52 heavy (non-hydrogen) atoms. The fourth-order valence-corrected chi connectivity index (χ4v) is 10.3. The zero-order valence-electron chi connectivity index (χ0n) is 30.5. The van der Waals surface area contributed by atoms with Crippen LogP contribution in [0.4, 0.5) is 5.69 Å². The third kappa shape index (κ3) is 8.39. The number of hydrogen-bond donors (Lipinski definition) is 1. The second-order valence-corrected chi connectivity index (χ2v) is 18.0. The van der Waals surface area contributed by atoms with Crippen molar-refractivity contribution in [1.82, 2.24) is 4.72 Å². The van der Waals surface area contributed by atoms with Gasteiger partial charge in [0.25, 0.3) is 11.8 Å². The second-order valence-electron chi connectivity index (χ2n) is 15.3. The molecule has 8 unspecified atom stereocenters. The van der Waals surface area contributed by atoms with Crippen molar-refractivity contribution in [3.05, 3.63) is 70.3 Å². The predicted molar refractivity (Wildman–Crippen MR) is 202 cm³/mol. The number of methoxy groups -OCH3 is 1. The van der Waals surface area contributed by atoms with Crippen LogP contribution < -0.4 is 14.4 Å². The highest BCUT2D eigenvalue weighted by atomic mass is 35.5. The molecule has 0 radical (unpaired) electrons. The van der Waals surface area contributed by atoms with Crippen LogP contribution in [0.25, 0.3) is 0 Å². The van der Waals surface area contributed by atoms with Crippen LogP contribution in [0.5, 0.6) is 5.75 Å². The van der Waals surface area contributed by atoms with Crippen molar-refractivity contribution in [1.29, 1.82) is 0 Å². The van der Waals surface area contributed by atoms with E-state index in [0.29, 0.717) is 75.0 Å². The number of halogens is 1. The van der Waals surface area contributed by atoms with Gasteiger partial charge in [0.05, 0.1) is 29.8 Å². The molecule has 10 nitrogen and oxygen atoms in total. The molecule has 3 aliphatic heterocycles. The van der Waals surface area contributed by atoms with E-state index in [1.54, 1.807) is 20.1 Å². The Labute approximate surface area is 313 Å². The molecule has 2 saturated carbocycles. The molecule has 3 heterocycles. The average Bonchev–Trinajstić information content (AvgIpc) is 3.90. The first-order valence-electron chi connectivity index (χ1n) is 18.9. The Morgan fingerprint density at radius 2 is 1.88 bits per heavy atom. The molecule has 1 saturated heterocycles. The maximum Gasteiger partial charge on any atom is 0.286 e. The number of allylic oxidation sites excluding steroid dienone is 1. The highest BCUT2D eigenvalue weighted by molar-refractivity contribution is 7.93. The third-order valence-corrected chi connectivity index (χ3v) is 14.6. The van der Waals surface area contributed by atoms with Crippen LogP contribution in [0.2, 0.25) is 5.02 Å². The lowest BCUT2D eigenvalue weighted by Crippen LogP contribution is -2.43. The molecule has 12 heteroatoms. The number of nitrogens with zero attached hydrogens (tertiary/aromatic N) is 2. The summed E-state index contributed by atoms with van der Waals surface area (Å²) in [6, 6.07) is 11.6. The summed E-state index contributed by atoms with van der Waals surface area (Å²) in [6.07, 6.45) is 10.2. The Kier molecular flexibility index (Phi) is 11.6. The quantitative estimate of drug-likeness (QED) is 0.322. The van der Waals surface area contributed by atoms with Crippen LogP contribution in [0, 0.1) is 23.7 Å². The Morgan fingerprint density at radius 3 is 2.65 bits per heavy atom. The van der Waals surface area contributed by atoms with Gasteiger partial charge in [-0.15, -0.1) is 4.36 Å². The summed E-state index contributed by atoms with van der Waals surface area (Å²) in [5.41, 5.74) is 3.59. The number of fused-ring (bicyclic) bond motifs is 5. The largest absolute Gasteiger partial charge is 0.491 e. The van der Waals surface area contributed by atoms with Crippen LogP contribution in [0.1, 0.15) is 86.2 Å². The molecule has 2 aromatic carbocycles. The summed E-state index contributed by atoms with van der Waals surface area (Å²) in [5, 5.41) is 0.0926. The molecule has 282 valence electrons. The van der Waals surface area contributed by atoms with Gasteiger partial charge in [0.15, 0.2) is 0 Å². The fraction of sp³-hybridized carbons (Fsp3) is 0.600. The molecule has 3 fully saturated rings. The van der Waals surface area contributed by atoms with Crippen LogP contribution >= 0.6 is 11.6 Å². The number of rotatable bonds is 5. The second kappa shape index (κ2) is 16.2. The maximum atomic E-state index is 14.8. The first-order valence-corrected chi connectivity index (χ1v) is 20.9. The van der Waals surface area contributed by atoms with Gasteiger partial charge in [0.1, 0.15) is 22.3 Å². The van der Waals surface area contributed by atoms with E-state index in [4.69, 9.17) is 30.5 Å². The third-order valence-electron chi connectivity index (χ3n) is 11.9. The van der Waals surface area contributed by atoms with Gasteiger partial charge in [-0.25, -0.2) is 4.21 Å². The molecule has 1 N–H and O–H groups in total. The minimum Gasteiger partial charge on any atom is -0.491 e. The molecule has 5 aliphatic rings. The number of ether oxygens (including phenoxy) is 4. The van der Waals surface area contributed by atoms with Gasteiger partial charge in [0, 0.05) is 44.0 Å². The van der Waals surface area contributed by atoms with E-state index >= 15 is 0 Å². The van der Waals surface area contributed by atoms with Crippen LogP contribution in [0.15, 0.2) is 52.9 Å². The van der Waals surface area contributed by atoms with E-state index in [1.165, 1.54) is 11.1 Å². The van der Waals surface area contributed by atoms with Crippen molar-refractivity contribution < 1.29 is 32.7 Å². The van der Waals surface area contributed by atoms with Crippen molar-refractivity contribution in [3.63, 3.8) is 0 Å². The number of anilines is 1. The Hall–Kier alpha value is -2.96. The van der Waals surface area contributed by atoms with Crippen molar-refractivity contribution in [3.8, 4) is 5.75 Å². The van der Waals surface area contributed by atoms with Gasteiger partial charge in [-0.05, 0) is 123 Å². The number of nitrogens with one attached hydrogen (secondary N) is 1. The molecule has 0 aromatic heterocycles. The average molecular weight is 754 g/mol. The molecule has 2 amide bonds. The minimum absolute atomic E-state index is 0.0730. The van der Waals surface area contributed by atoms with E-state index in [1.807, 2.05) is 25.1 Å². The lowest BCUT2D eigenvalue weighted by atomic mass is 9.70. The number of carbonyl (C=O) groups excluding carboxylic acids is 2. The van der Waals surface area contributed by atoms with E-state index in [2.05, 4.69) is 38.3 Å². The topological polar surface area (TPSA) is 116 Å². The first kappa shape index (κ1) is 37.4. The van der Waals surface area contributed by atoms with Gasteiger partial charge < -0.3 is 23.8 Å². The van der Waals surface area contributed by atoms with Gasteiger partial charge in [0.2, 0.25) is 0 Å². The summed E-state index contributed by atoms with van der Waals surface area (Å²) in [6.45, 7) is 6.55. The van der Waals surface area contributed by atoms with Crippen molar-refractivity contribution in [2.75, 3.05) is 45.0 Å². The van der Waals surface area contributed by atoms with Crippen LogP contribution in [0.3, 0.4) is 0 Å². The normalized spacial score (nSPS) is 33.0. The van der Waals surface area contributed by atoms with Crippen LogP contribution in [-0.2, 0) is 35.5 Å². The van der Waals surface area contributed by atoms with Gasteiger partial charge in [-0.1, -0.05) is 36.7 Å². The van der Waals surface area contributed by atoms with E-state index in [0.717, 1.165) is 42.9 Å². The molecule has 2 aromatic rings. The van der Waals surface area contributed by atoms with Gasteiger partial charge in [-0.2, -0.15) is 0 Å². The molecular formula is C40H52ClN3O7S. The van der Waals surface area contributed by atoms with Crippen molar-refractivity contribution in [2.24, 2.45) is 28.0 Å². The zero-order valence-corrected chi connectivity index (χ0v) is 32.0. The van der Waals surface area contributed by atoms with E-state index in [9.17, 15) is 13.8 Å². The number of benzene rings is 2. The Bertz CT molecular complexity index is 1790. The van der Waals surface area contributed by atoms with E-state index < -0.39 is 27.0 Å². The summed E-state index contributed by atoms with van der Waals surface area (Å²) >= 11 is 6.55. The highest BCUT2D eigenvalue weighted by Crippen LogP contribution is 2.52. The molecule has 7 rings (SSSR count). The smallest absolute Gasteiger partial charge is 0.286 e. The molecule has 2 aliphatic carbocycles. The molecular weight excluding hydrogens is 702 g/mol. The SMILES string of the molecule is COC1/C=C/CC(C)C(C)S(=O)(NC(=O)COC2CCOCC2)=NC(=O)c2ccc3c(c2)N(Cc2ccc(Cl)cc2C2CC2CCO3)CC2CCC21. The van der Waals surface area contributed by atoms with Crippen molar-refractivity contribution in [2.45, 2.75) is 88.7 Å². The summed E-state index contributed by atoms with van der Waals surface area (Å²) in [5.74, 6) is 0.999. The van der Waals surface area contributed by atoms with Gasteiger partial charge >= 0.3 is 0 Å². The monoisotopic (exact) mass is 753 g/mol. The predicted octanol–water partition coefficient (Wildman–Crippen LogP) is 7.09. The van der Waals surface area contributed by atoms with E-state index in [-0.39, 0.29) is 30.3 Å².